The zero-order valence-corrected chi connectivity index (χ0v) is 15.1. The quantitative estimate of drug-likeness (QED) is 0.806. The van der Waals surface area contributed by atoms with Crippen LogP contribution in [0.15, 0.2) is 54.6 Å². The van der Waals surface area contributed by atoms with E-state index in [1.807, 2.05) is 18.2 Å². The summed E-state index contributed by atoms with van der Waals surface area (Å²) in [7, 11) is 0. The predicted octanol–water partition coefficient (Wildman–Crippen LogP) is 3.24. The Kier molecular flexibility index (Phi) is 6.79. The lowest BCUT2D eigenvalue weighted by molar-refractivity contribution is 0.177. The van der Waals surface area contributed by atoms with E-state index in [1.165, 1.54) is 11.1 Å². The Balaban J connectivity index is 1.50. The van der Waals surface area contributed by atoms with E-state index in [0.29, 0.717) is 11.6 Å². The molecule has 136 valence electrons. The molecule has 0 aliphatic carbocycles. The molecule has 0 radical (unpaired) electrons. The van der Waals surface area contributed by atoms with Gasteiger partial charge in [0.25, 0.3) is 0 Å². The maximum Gasteiger partial charge on any atom is 0.0991 e. The van der Waals surface area contributed by atoms with Crippen molar-refractivity contribution in [2.24, 2.45) is 0 Å². The third-order valence-electron chi connectivity index (χ3n) is 5.13. The minimum atomic E-state index is 0.199. The van der Waals surface area contributed by atoms with Crippen molar-refractivity contribution >= 4 is 0 Å². The maximum atomic E-state index is 9.40. The van der Waals surface area contributed by atoms with E-state index in [0.717, 1.165) is 38.9 Å². The molecule has 0 unspecified atom stereocenters. The van der Waals surface area contributed by atoms with Gasteiger partial charge >= 0.3 is 0 Å². The molecule has 26 heavy (non-hydrogen) atoms. The Morgan fingerprint density at radius 1 is 1.08 bits per heavy atom. The molecule has 3 rings (SSSR count). The SMILES string of the molecule is N#Cc1ccc(CN2CCC(N[C@H](CCO)c3ccccc3)CC2)cc1. The second-order valence-electron chi connectivity index (χ2n) is 7.00. The number of likely N-dealkylation sites (tertiary alicyclic amines) is 1. The molecule has 1 atom stereocenters. The number of benzene rings is 2. The predicted molar refractivity (Wildman–Crippen MR) is 103 cm³/mol. The highest BCUT2D eigenvalue weighted by molar-refractivity contribution is 5.31. The summed E-state index contributed by atoms with van der Waals surface area (Å²) in [6.45, 7) is 3.28. The maximum absolute atomic E-state index is 9.40. The van der Waals surface area contributed by atoms with Gasteiger partial charge in [-0.05, 0) is 55.6 Å². The molecule has 0 amide bonds. The fourth-order valence-corrected chi connectivity index (χ4v) is 3.65. The van der Waals surface area contributed by atoms with Crippen LogP contribution in [0.1, 0.15) is 42.0 Å². The molecule has 0 saturated carbocycles. The van der Waals surface area contributed by atoms with Gasteiger partial charge in [-0.3, -0.25) is 4.90 Å². The Morgan fingerprint density at radius 3 is 2.38 bits per heavy atom. The highest BCUT2D eigenvalue weighted by atomic mass is 16.3. The van der Waals surface area contributed by atoms with Crippen LogP contribution < -0.4 is 5.32 Å². The van der Waals surface area contributed by atoms with E-state index in [1.54, 1.807) is 0 Å². The van der Waals surface area contributed by atoms with Crippen LogP contribution in [0.25, 0.3) is 0 Å². The van der Waals surface area contributed by atoms with E-state index in [9.17, 15) is 5.11 Å². The van der Waals surface area contributed by atoms with E-state index >= 15 is 0 Å². The van der Waals surface area contributed by atoms with Gasteiger partial charge in [-0.2, -0.15) is 5.26 Å². The van der Waals surface area contributed by atoms with E-state index in [2.05, 4.69) is 52.7 Å². The summed E-state index contributed by atoms with van der Waals surface area (Å²) in [5.41, 5.74) is 3.23. The molecule has 0 spiro atoms. The number of aliphatic hydroxyl groups is 1. The number of piperidine rings is 1. The van der Waals surface area contributed by atoms with E-state index in [-0.39, 0.29) is 12.6 Å². The molecular weight excluding hydrogens is 322 g/mol. The summed E-state index contributed by atoms with van der Waals surface area (Å²) in [4.78, 5) is 2.48. The smallest absolute Gasteiger partial charge is 0.0991 e. The number of rotatable bonds is 7. The lowest BCUT2D eigenvalue weighted by Crippen LogP contribution is -2.43. The Morgan fingerprint density at radius 2 is 1.77 bits per heavy atom. The molecule has 2 aromatic rings. The first-order valence-electron chi connectivity index (χ1n) is 9.41. The number of nitrogens with zero attached hydrogens (tertiary/aromatic N) is 2. The van der Waals surface area contributed by atoms with Crippen LogP contribution >= 0.6 is 0 Å². The highest BCUT2D eigenvalue weighted by Gasteiger charge is 2.22. The van der Waals surface area contributed by atoms with Gasteiger partial charge in [-0.25, -0.2) is 0 Å². The van der Waals surface area contributed by atoms with Crippen molar-refractivity contribution in [2.45, 2.75) is 37.9 Å². The lowest BCUT2D eigenvalue weighted by atomic mass is 9.98. The van der Waals surface area contributed by atoms with Gasteiger partial charge in [-0.15, -0.1) is 0 Å². The van der Waals surface area contributed by atoms with Crippen LogP contribution in [0.2, 0.25) is 0 Å². The molecule has 4 nitrogen and oxygen atoms in total. The van der Waals surface area contributed by atoms with Crippen LogP contribution in [-0.4, -0.2) is 35.7 Å². The summed E-state index contributed by atoms with van der Waals surface area (Å²) in [6, 6.07) is 21.2. The minimum Gasteiger partial charge on any atom is -0.396 e. The van der Waals surface area contributed by atoms with Gasteiger partial charge in [-0.1, -0.05) is 42.5 Å². The van der Waals surface area contributed by atoms with Gasteiger partial charge in [0, 0.05) is 25.2 Å². The van der Waals surface area contributed by atoms with Crippen molar-refractivity contribution in [2.75, 3.05) is 19.7 Å². The summed E-state index contributed by atoms with van der Waals surface area (Å²) in [5.74, 6) is 0. The molecular formula is C22H27N3O. The fourth-order valence-electron chi connectivity index (χ4n) is 3.65. The Bertz CT molecular complexity index is 700. The second kappa shape index (κ2) is 9.49. The lowest BCUT2D eigenvalue weighted by Gasteiger charge is -2.34. The first-order valence-corrected chi connectivity index (χ1v) is 9.41. The Hall–Kier alpha value is -2.19. The van der Waals surface area contributed by atoms with Crippen molar-refractivity contribution in [3.05, 3.63) is 71.3 Å². The van der Waals surface area contributed by atoms with E-state index < -0.39 is 0 Å². The van der Waals surface area contributed by atoms with Crippen LogP contribution in [0.4, 0.5) is 0 Å². The fraction of sp³-hybridized carbons (Fsp3) is 0.409. The standard InChI is InChI=1S/C22H27N3O/c23-16-18-6-8-19(9-7-18)17-25-13-10-21(11-14-25)24-22(12-15-26)20-4-2-1-3-5-20/h1-9,21-22,24,26H,10-15,17H2/t22-/m1/s1. The third-order valence-corrected chi connectivity index (χ3v) is 5.13. The summed E-state index contributed by atoms with van der Waals surface area (Å²) < 4.78 is 0. The molecule has 4 heteroatoms. The Labute approximate surface area is 156 Å². The second-order valence-corrected chi connectivity index (χ2v) is 7.00. The van der Waals surface area contributed by atoms with E-state index in [4.69, 9.17) is 5.26 Å². The first-order chi connectivity index (χ1) is 12.8. The van der Waals surface area contributed by atoms with Gasteiger partial charge < -0.3 is 10.4 Å². The summed E-state index contributed by atoms with van der Waals surface area (Å²) in [6.07, 6.45) is 2.98. The monoisotopic (exact) mass is 349 g/mol. The normalized spacial score (nSPS) is 16.9. The topological polar surface area (TPSA) is 59.3 Å². The van der Waals surface area contributed by atoms with Gasteiger partial charge in [0.05, 0.1) is 11.6 Å². The number of hydrogen-bond donors (Lipinski definition) is 2. The third kappa shape index (κ3) is 5.15. The largest absolute Gasteiger partial charge is 0.396 e. The zero-order chi connectivity index (χ0) is 18.2. The number of nitrogens with one attached hydrogen (secondary N) is 1. The van der Waals surface area contributed by atoms with Crippen molar-refractivity contribution in [1.29, 1.82) is 5.26 Å². The average Bonchev–Trinajstić information content (AvgIpc) is 2.70. The highest BCUT2D eigenvalue weighted by Crippen LogP contribution is 2.21. The number of aliphatic hydroxyl groups excluding tert-OH is 1. The van der Waals surface area contributed by atoms with Crippen molar-refractivity contribution < 1.29 is 5.11 Å². The molecule has 0 bridgehead atoms. The molecule has 1 fully saturated rings. The molecule has 1 aliphatic rings. The van der Waals surface area contributed by atoms with Crippen LogP contribution in [0.3, 0.4) is 0 Å². The van der Waals surface area contributed by atoms with Gasteiger partial charge in [0.15, 0.2) is 0 Å². The average molecular weight is 349 g/mol. The van der Waals surface area contributed by atoms with Crippen molar-refractivity contribution in [3.63, 3.8) is 0 Å². The molecule has 2 aromatic carbocycles. The van der Waals surface area contributed by atoms with Crippen LogP contribution in [0.5, 0.6) is 0 Å². The number of hydrogen-bond acceptors (Lipinski definition) is 4. The molecule has 1 heterocycles. The van der Waals surface area contributed by atoms with Crippen molar-refractivity contribution in [1.82, 2.24) is 10.2 Å². The summed E-state index contributed by atoms with van der Waals surface area (Å²) >= 11 is 0. The summed E-state index contributed by atoms with van der Waals surface area (Å²) in [5, 5.41) is 22.0. The molecule has 1 saturated heterocycles. The zero-order valence-electron chi connectivity index (χ0n) is 15.1. The van der Waals surface area contributed by atoms with Crippen LogP contribution in [0, 0.1) is 11.3 Å². The van der Waals surface area contributed by atoms with Gasteiger partial charge in [0.1, 0.15) is 0 Å². The molecule has 1 aliphatic heterocycles. The van der Waals surface area contributed by atoms with Crippen LogP contribution in [-0.2, 0) is 6.54 Å². The number of nitriles is 1. The first kappa shape index (κ1) is 18.6. The molecule has 0 aromatic heterocycles. The minimum absolute atomic E-state index is 0.199. The van der Waals surface area contributed by atoms with Crippen molar-refractivity contribution in [3.8, 4) is 6.07 Å². The van der Waals surface area contributed by atoms with Gasteiger partial charge in [0.2, 0.25) is 0 Å². The molecule has 2 N–H and O–H groups in total.